The molecule has 3 aromatic rings. The average molecular weight is 322 g/mol. The minimum absolute atomic E-state index is 0.108. The number of aromatic nitrogens is 1. The molecule has 4 nitrogen and oxygen atoms in total. The van der Waals surface area contributed by atoms with Crippen molar-refractivity contribution in [3.63, 3.8) is 0 Å². The first-order valence-corrected chi connectivity index (χ1v) is 8.20. The summed E-state index contributed by atoms with van der Waals surface area (Å²) in [5.74, 6) is -0.108. The van der Waals surface area contributed by atoms with E-state index < -0.39 is 0 Å². The van der Waals surface area contributed by atoms with Gasteiger partial charge in [0, 0.05) is 48.1 Å². The van der Waals surface area contributed by atoms with Crippen molar-refractivity contribution >= 4 is 33.8 Å². The van der Waals surface area contributed by atoms with Gasteiger partial charge in [0.1, 0.15) is 0 Å². The molecule has 2 aromatic carbocycles. The Hall–Kier alpha value is -2.59. The van der Waals surface area contributed by atoms with E-state index in [4.69, 9.17) is 4.74 Å². The van der Waals surface area contributed by atoms with Gasteiger partial charge in [-0.25, -0.2) is 0 Å². The number of para-hydroxylation sites is 1. The van der Waals surface area contributed by atoms with Gasteiger partial charge in [0.25, 0.3) is 0 Å². The lowest BCUT2D eigenvalue weighted by Crippen LogP contribution is -2.24. The molecule has 1 heterocycles. The third kappa shape index (κ3) is 3.19. The van der Waals surface area contributed by atoms with Crippen LogP contribution in [0.25, 0.3) is 27.9 Å². The van der Waals surface area contributed by atoms with E-state index in [2.05, 4.69) is 53.2 Å². The molecule has 0 aliphatic carbocycles. The summed E-state index contributed by atoms with van der Waals surface area (Å²) in [7, 11) is 1.62. The number of nitrogens with one attached hydrogen (secondary N) is 1. The zero-order valence-corrected chi connectivity index (χ0v) is 14.1. The second-order valence-corrected chi connectivity index (χ2v) is 5.66. The summed E-state index contributed by atoms with van der Waals surface area (Å²) in [6.45, 7) is 4.12. The molecule has 0 unspecified atom stereocenters. The van der Waals surface area contributed by atoms with Crippen LogP contribution < -0.4 is 5.32 Å². The van der Waals surface area contributed by atoms with E-state index in [1.54, 1.807) is 13.2 Å². The Morgan fingerprint density at radius 1 is 1.17 bits per heavy atom. The number of hydrogen-bond donors (Lipinski definition) is 1. The van der Waals surface area contributed by atoms with Gasteiger partial charge in [-0.2, -0.15) is 0 Å². The molecule has 3 rings (SSSR count). The fourth-order valence-corrected chi connectivity index (χ4v) is 3.02. The van der Waals surface area contributed by atoms with Crippen molar-refractivity contribution in [3.05, 3.63) is 54.1 Å². The lowest BCUT2D eigenvalue weighted by atomic mass is 10.1. The van der Waals surface area contributed by atoms with Gasteiger partial charge >= 0.3 is 0 Å². The number of amides is 1. The number of benzene rings is 2. The molecule has 124 valence electrons. The second-order valence-electron chi connectivity index (χ2n) is 5.66. The third-order valence-electron chi connectivity index (χ3n) is 4.15. The molecule has 4 heteroatoms. The second kappa shape index (κ2) is 7.32. The summed E-state index contributed by atoms with van der Waals surface area (Å²) in [6.07, 6.45) is 3.41. The van der Waals surface area contributed by atoms with Crippen LogP contribution >= 0.6 is 0 Å². The van der Waals surface area contributed by atoms with Crippen molar-refractivity contribution < 1.29 is 9.53 Å². The fourth-order valence-electron chi connectivity index (χ4n) is 3.02. The number of fused-ring (bicyclic) bond motifs is 3. The van der Waals surface area contributed by atoms with E-state index in [0.29, 0.717) is 13.2 Å². The van der Waals surface area contributed by atoms with Crippen LogP contribution in [0, 0.1) is 0 Å². The van der Waals surface area contributed by atoms with Gasteiger partial charge in [-0.15, -0.1) is 0 Å². The number of ether oxygens (including phenoxy) is 1. The molecule has 0 saturated carbocycles. The maximum atomic E-state index is 11.8. The number of aryl methyl sites for hydroxylation is 1. The SMILES string of the molecule is CCn1c2ccccc2c2cc(/C=C/C(=O)NCCOC)ccc21. The molecule has 0 saturated heterocycles. The first-order valence-electron chi connectivity index (χ1n) is 8.20. The molecule has 0 atom stereocenters. The minimum Gasteiger partial charge on any atom is -0.383 e. The molecule has 24 heavy (non-hydrogen) atoms. The Kier molecular flexibility index (Phi) is 4.96. The number of carbonyl (C=O) groups excluding carboxylic acids is 1. The maximum Gasteiger partial charge on any atom is 0.244 e. The summed E-state index contributed by atoms with van der Waals surface area (Å²) < 4.78 is 7.23. The standard InChI is InChI=1S/C20H22N2O2/c1-3-22-18-7-5-4-6-16(18)17-14-15(8-10-19(17)22)9-11-20(23)21-12-13-24-2/h4-11,14H,3,12-13H2,1-2H3,(H,21,23)/b11-9+. The monoisotopic (exact) mass is 322 g/mol. The van der Waals surface area contributed by atoms with Crippen LogP contribution in [0.4, 0.5) is 0 Å². The van der Waals surface area contributed by atoms with Crippen LogP contribution in [0.1, 0.15) is 12.5 Å². The molecule has 1 N–H and O–H groups in total. The zero-order valence-electron chi connectivity index (χ0n) is 14.1. The quantitative estimate of drug-likeness (QED) is 0.557. The summed E-state index contributed by atoms with van der Waals surface area (Å²) >= 11 is 0. The van der Waals surface area contributed by atoms with E-state index in [9.17, 15) is 4.79 Å². The molecule has 0 spiro atoms. The van der Waals surface area contributed by atoms with Crippen LogP contribution in [0.3, 0.4) is 0 Å². The van der Waals surface area contributed by atoms with Gasteiger partial charge < -0.3 is 14.6 Å². The zero-order chi connectivity index (χ0) is 16.9. The highest BCUT2D eigenvalue weighted by atomic mass is 16.5. The van der Waals surface area contributed by atoms with Gasteiger partial charge in [0.05, 0.1) is 6.61 Å². The number of rotatable bonds is 6. The highest BCUT2D eigenvalue weighted by Crippen LogP contribution is 2.29. The Labute approximate surface area is 141 Å². The minimum atomic E-state index is -0.108. The molecule has 0 fully saturated rings. The van der Waals surface area contributed by atoms with Gasteiger partial charge in [-0.3, -0.25) is 4.79 Å². The number of hydrogen-bond acceptors (Lipinski definition) is 2. The van der Waals surface area contributed by atoms with Gasteiger partial charge in [0.15, 0.2) is 0 Å². The molecule has 1 amide bonds. The van der Waals surface area contributed by atoms with E-state index in [1.807, 2.05) is 12.1 Å². The van der Waals surface area contributed by atoms with Gasteiger partial charge in [-0.05, 0) is 36.8 Å². The largest absolute Gasteiger partial charge is 0.383 e. The van der Waals surface area contributed by atoms with E-state index in [-0.39, 0.29) is 5.91 Å². The average Bonchev–Trinajstić information content (AvgIpc) is 2.93. The van der Waals surface area contributed by atoms with Crippen molar-refractivity contribution in [2.24, 2.45) is 0 Å². The van der Waals surface area contributed by atoms with E-state index in [1.165, 1.54) is 21.8 Å². The summed E-state index contributed by atoms with van der Waals surface area (Å²) in [6, 6.07) is 14.7. The first kappa shape index (κ1) is 16.3. The van der Waals surface area contributed by atoms with Crippen molar-refractivity contribution in [1.29, 1.82) is 0 Å². The number of methoxy groups -OCH3 is 1. The summed E-state index contributed by atoms with van der Waals surface area (Å²) in [5, 5.41) is 5.24. The lowest BCUT2D eigenvalue weighted by molar-refractivity contribution is -0.116. The molecular formula is C20H22N2O2. The molecular weight excluding hydrogens is 300 g/mol. The summed E-state index contributed by atoms with van der Waals surface area (Å²) in [5.41, 5.74) is 3.48. The lowest BCUT2D eigenvalue weighted by Gasteiger charge is -2.03. The van der Waals surface area contributed by atoms with Crippen LogP contribution in [0.15, 0.2) is 48.5 Å². The topological polar surface area (TPSA) is 43.3 Å². The Morgan fingerprint density at radius 3 is 2.75 bits per heavy atom. The Morgan fingerprint density at radius 2 is 1.96 bits per heavy atom. The van der Waals surface area contributed by atoms with Crippen molar-refractivity contribution in [2.45, 2.75) is 13.5 Å². The number of nitrogens with zero attached hydrogens (tertiary/aromatic N) is 1. The normalized spacial score (nSPS) is 11.6. The van der Waals surface area contributed by atoms with Gasteiger partial charge in [0.2, 0.25) is 5.91 Å². The van der Waals surface area contributed by atoms with Gasteiger partial charge in [-0.1, -0.05) is 24.3 Å². The van der Waals surface area contributed by atoms with Crippen LogP contribution in [0.5, 0.6) is 0 Å². The van der Waals surface area contributed by atoms with Crippen LogP contribution in [-0.2, 0) is 16.1 Å². The summed E-state index contributed by atoms with van der Waals surface area (Å²) in [4.78, 5) is 11.8. The van der Waals surface area contributed by atoms with Crippen LogP contribution in [-0.4, -0.2) is 30.7 Å². The smallest absolute Gasteiger partial charge is 0.244 e. The van der Waals surface area contributed by atoms with E-state index >= 15 is 0 Å². The number of carbonyl (C=O) groups is 1. The van der Waals surface area contributed by atoms with Crippen molar-refractivity contribution in [2.75, 3.05) is 20.3 Å². The van der Waals surface area contributed by atoms with Crippen LogP contribution in [0.2, 0.25) is 0 Å². The predicted molar refractivity (Wildman–Crippen MR) is 99.0 cm³/mol. The molecule has 1 aromatic heterocycles. The Bertz CT molecular complexity index is 893. The molecule has 0 radical (unpaired) electrons. The van der Waals surface area contributed by atoms with Crippen molar-refractivity contribution in [1.82, 2.24) is 9.88 Å². The maximum absolute atomic E-state index is 11.8. The Balaban J connectivity index is 1.91. The van der Waals surface area contributed by atoms with Crippen molar-refractivity contribution in [3.8, 4) is 0 Å². The molecule has 0 aliphatic rings. The highest BCUT2D eigenvalue weighted by molar-refractivity contribution is 6.08. The van der Waals surface area contributed by atoms with E-state index in [0.717, 1.165) is 12.1 Å². The predicted octanol–water partition coefficient (Wildman–Crippen LogP) is 3.59. The highest BCUT2D eigenvalue weighted by Gasteiger charge is 2.08. The molecule has 0 aliphatic heterocycles. The first-order chi connectivity index (χ1) is 11.7. The molecule has 0 bridgehead atoms. The fraction of sp³-hybridized carbons (Fsp3) is 0.250. The third-order valence-corrected chi connectivity index (χ3v) is 4.15.